The van der Waals surface area contributed by atoms with Gasteiger partial charge in [0.05, 0.1) is 12.1 Å². The van der Waals surface area contributed by atoms with Gasteiger partial charge in [-0.15, -0.1) is 0 Å². The molecule has 1 aliphatic carbocycles. The summed E-state index contributed by atoms with van der Waals surface area (Å²) in [6.45, 7) is 3.77. The lowest BCUT2D eigenvalue weighted by Crippen LogP contribution is -2.52. The van der Waals surface area contributed by atoms with Crippen LogP contribution in [0.4, 0.5) is 0 Å². The first-order valence-electron chi connectivity index (χ1n) is 6.45. The van der Waals surface area contributed by atoms with E-state index in [4.69, 9.17) is 10.5 Å². The first kappa shape index (κ1) is 10.4. The highest BCUT2D eigenvalue weighted by Crippen LogP contribution is 2.37. The topological polar surface area (TPSA) is 50.9 Å². The van der Waals surface area contributed by atoms with Crippen LogP contribution < -0.4 is 5.73 Å². The maximum Gasteiger partial charge on any atom is 0.191 e. The number of rotatable bonds is 2. The van der Waals surface area contributed by atoms with E-state index in [-0.39, 0.29) is 5.54 Å². The summed E-state index contributed by atoms with van der Waals surface area (Å²) in [6, 6.07) is 0. The molecule has 1 atom stereocenters. The molecule has 1 saturated heterocycles. The van der Waals surface area contributed by atoms with E-state index in [1.165, 1.54) is 19.3 Å². The fraction of sp³-hybridized carbons (Fsp3) is 0.917. The largest absolute Gasteiger partial charge is 0.381 e. The second-order valence-electron chi connectivity index (χ2n) is 5.42. The van der Waals surface area contributed by atoms with Gasteiger partial charge in [-0.3, -0.25) is 4.99 Å². The Morgan fingerprint density at radius 1 is 1.38 bits per heavy atom. The number of hydrogen-bond donors (Lipinski definition) is 1. The number of hydrogen-bond acceptors (Lipinski definition) is 4. The van der Waals surface area contributed by atoms with Gasteiger partial charge < -0.3 is 15.4 Å². The third-order valence-corrected chi connectivity index (χ3v) is 4.16. The number of nitrogens with two attached hydrogens (primary N) is 1. The molecule has 0 bridgehead atoms. The van der Waals surface area contributed by atoms with E-state index in [2.05, 4.69) is 9.89 Å². The number of guanidine groups is 1. The Morgan fingerprint density at radius 2 is 2.25 bits per heavy atom. The molecular formula is C12H21N3O. The van der Waals surface area contributed by atoms with Gasteiger partial charge in [-0.25, -0.2) is 0 Å². The highest BCUT2D eigenvalue weighted by molar-refractivity contribution is 5.81. The minimum atomic E-state index is 0.198. The molecule has 1 saturated carbocycles. The molecule has 2 N–H and O–H groups in total. The number of aliphatic imine (C=N–C) groups is 1. The van der Waals surface area contributed by atoms with E-state index in [9.17, 15) is 0 Å². The van der Waals surface area contributed by atoms with E-state index < -0.39 is 0 Å². The van der Waals surface area contributed by atoms with Crippen LogP contribution in [0.2, 0.25) is 0 Å². The Morgan fingerprint density at radius 3 is 3.06 bits per heavy atom. The van der Waals surface area contributed by atoms with Crippen molar-refractivity contribution >= 4 is 5.96 Å². The van der Waals surface area contributed by atoms with Crippen molar-refractivity contribution < 1.29 is 4.74 Å². The zero-order valence-electron chi connectivity index (χ0n) is 9.82. The zero-order valence-corrected chi connectivity index (χ0v) is 9.82. The summed E-state index contributed by atoms with van der Waals surface area (Å²) in [7, 11) is 0. The van der Waals surface area contributed by atoms with Gasteiger partial charge in [0.15, 0.2) is 5.96 Å². The monoisotopic (exact) mass is 223 g/mol. The van der Waals surface area contributed by atoms with Gasteiger partial charge in [-0.05, 0) is 38.0 Å². The summed E-state index contributed by atoms with van der Waals surface area (Å²) < 4.78 is 5.57. The van der Waals surface area contributed by atoms with Crippen molar-refractivity contribution in [3.05, 3.63) is 0 Å². The molecule has 0 aromatic heterocycles. The molecule has 0 aromatic carbocycles. The Labute approximate surface area is 96.8 Å². The molecule has 3 aliphatic rings. The lowest BCUT2D eigenvalue weighted by molar-refractivity contribution is 0.120. The van der Waals surface area contributed by atoms with Gasteiger partial charge in [0.2, 0.25) is 0 Å². The SMILES string of the molecule is NC1=NCC2(CCCOCC2)N1CC1CC1. The molecule has 1 spiro atoms. The third-order valence-electron chi connectivity index (χ3n) is 4.16. The molecule has 16 heavy (non-hydrogen) atoms. The minimum Gasteiger partial charge on any atom is -0.381 e. The van der Waals surface area contributed by atoms with Gasteiger partial charge >= 0.3 is 0 Å². The quantitative estimate of drug-likeness (QED) is 0.759. The molecule has 90 valence electrons. The first-order valence-corrected chi connectivity index (χ1v) is 6.45. The van der Waals surface area contributed by atoms with E-state index in [1.807, 2.05) is 0 Å². The fourth-order valence-corrected chi connectivity index (χ4v) is 2.91. The highest BCUT2D eigenvalue weighted by atomic mass is 16.5. The van der Waals surface area contributed by atoms with E-state index in [0.29, 0.717) is 0 Å². The maximum atomic E-state index is 6.05. The molecule has 2 aliphatic heterocycles. The van der Waals surface area contributed by atoms with Crippen LogP contribution in [0.5, 0.6) is 0 Å². The van der Waals surface area contributed by atoms with Crippen LogP contribution in [-0.2, 0) is 4.74 Å². The van der Waals surface area contributed by atoms with Crippen LogP contribution in [0.15, 0.2) is 4.99 Å². The predicted octanol–water partition coefficient (Wildman–Crippen LogP) is 0.966. The molecular weight excluding hydrogens is 202 g/mol. The zero-order chi connectivity index (χ0) is 11.0. The number of nitrogens with zero attached hydrogens (tertiary/aromatic N) is 2. The van der Waals surface area contributed by atoms with Gasteiger partial charge in [-0.1, -0.05) is 0 Å². The smallest absolute Gasteiger partial charge is 0.191 e. The first-order chi connectivity index (χ1) is 7.80. The molecule has 0 radical (unpaired) electrons. The molecule has 2 heterocycles. The molecule has 4 heteroatoms. The molecule has 4 nitrogen and oxygen atoms in total. The van der Waals surface area contributed by atoms with Gasteiger partial charge in [-0.2, -0.15) is 0 Å². The molecule has 2 fully saturated rings. The Balaban J connectivity index is 1.75. The Bertz CT molecular complexity index is 291. The van der Waals surface area contributed by atoms with Crippen molar-refractivity contribution in [2.45, 2.75) is 37.6 Å². The van der Waals surface area contributed by atoms with Crippen LogP contribution >= 0.6 is 0 Å². The number of ether oxygens (including phenoxy) is 1. The average molecular weight is 223 g/mol. The Hall–Kier alpha value is -0.770. The molecule has 0 amide bonds. The van der Waals surface area contributed by atoms with Crippen LogP contribution in [0.1, 0.15) is 32.1 Å². The van der Waals surface area contributed by atoms with Crippen LogP contribution in [0, 0.1) is 5.92 Å². The van der Waals surface area contributed by atoms with Gasteiger partial charge in [0, 0.05) is 19.8 Å². The normalized spacial score (nSPS) is 35.2. The van der Waals surface area contributed by atoms with Crippen molar-refractivity contribution in [3.8, 4) is 0 Å². The van der Waals surface area contributed by atoms with Crippen molar-refractivity contribution in [2.24, 2.45) is 16.6 Å². The lowest BCUT2D eigenvalue weighted by Gasteiger charge is -2.38. The van der Waals surface area contributed by atoms with Crippen molar-refractivity contribution in [1.29, 1.82) is 0 Å². The van der Waals surface area contributed by atoms with Crippen LogP contribution in [-0.4, -0.2) is 42.7 Å². The molecule has 1 unspecified atom stereocenters. The fourth-order valence-electron chi connectivity index (χ4n) is 2.91. The second-order valence-corrected chi connectivity index (χ2v) is 5.42. The summed E-state index contributed by atoms with van der Waals surface area (Å²) in [5.41, 5.74) is 6.24. The summed E-state index contributed by atoms with van der Waals surface area (Å²) in [6.07, 6.45) is 6.16. The van der Waals surface area contributed by atoms with Gasteiger partial charge in [0.25, 0.3) is 0 Å². The highest BCUT2D eigenvalue weighted by Gasteiger charge is 2.44. The van der Waals surface area contributed by atoms with Crippen molar-refractivity contribution in [2.75, 3.05) is 26.3 Å². The van der Waals surface area contributed by atoms with E-state index in [0.717, 1.165) is 51.0 Å². The van der Waals surface area contributed by atoms with Crippen molar-refractivity contribution in [1.82, 2.24) is 4.90 Å². The lowest BCUT2D eigenvalue weighted by atomic mass is 9.89. The minimum absolute atomic E-state index is 0.198. The van der Waals surface area contributed by atoms with Crippen molar-refractivity contribution in [3.63, 3.8) is 0 Å². The second kappa shape index (κ2) is 3.91. The van der Waals surface area contributed by atoms with Gasteiger partial charge in [0.1, 0.15) is 0 Å². The maximum absolute atomic E-state index is 6.05. The van der Waals surface area contributed by atoms with Crippen LogP contribution in [0.25, 0.3) is 0 Å². The predicted molar refractivity (Wildman–Crippen MR) is 63.3 cm³/mol. The summed E-state index contributed by atoms with van der Waals surface area (Å²) >= 11 is 0. The average Bonchev–Trinajstić information content (AvgIpc) is 3.06. The summed E-state index contributed by atoms with van der Waals surface area (Å²) in [5.74, 6) is 1.64. The third kappa shape index (κ3) is 1.79. The summed E-state index contributed by atoms with van der Waals surface area (Å²) in [5, 5.41) is 0. The van der Waals surface area contributed by atoms with Crippen LogP contribution in [0.3, 0.4) is 0 Å². The summed E-state index contributed by atoms with van der Waals surface area (Å²) in [4.78, 5) is 6.87. The molecule has 0 aromatic rings. The standard InChI is InChI=1S/C12H21N3O/c13-11-14-9-12(4-1-6-16-7-5-12)15(11)8-10-2-3-10/h10H,1-9H2,(H2,13,14). The van der Waals surface area contributed by atoms with E-state index in [1.54, 1.807) is 0 Å². The Kier molecular flexibility index (Phi) is 2.54. The molecule has 3 rings (SSSR count). The van der Waals surface area contributed by atoms with E-state index >= 15 is 0 Å².